The lowest BCUT2D eigenvalue weighted by atomic mass is 10.2. The molecular weight excluding hydrogens is 166 g/mol. The molecular formula is C10H18NO2. The molecule has 1 rings (SSSR count). The molecule has 13 heavy (non-hydrogen) atoms. The fraction of sp³-hybridized carbons (Fsp3) is 0.900. The third-order valence-electron chi connectivity index (χ3n) is 2.25. The Hall–Kier alpha value is -0.570. The minimum Gasteiger partial charge on any atom is -0.464 e. The molecule has 0 aromatic carbocycles. The van der Waals surface area contributed by atoms with Crippen molar-refractivity contribution in [1.29, 1.82) is 0 Å². The number of nitrogens with zero attached hydrogens (tertiary/aromatic N) is 1. The van der Waals surface area contributed by atoms with Crippen LogP contribution in [0.3, 0.4) is 0 Å². The average molecular weight is 184 g/mol. The molecule has 3 heteroatoms. The molecule has 1 heterocycles. The molecule has 0 N–H and O–H groups in total. The number of hydrogen-bond donors (Lipinski definition) is 0. The zero-order chi connectivity index (χ0) is 9.52. The van der Waals surface area contributed by atoms with Crippen LogP contribution in [0.5, 0.6) is 0 Å². The summed E-state index contributed by atoms with van der Waals surface area (Å²) in [6.45, 7) is 3.53. The zero-order valence-corrected chi connectivity index (χ0v) is 8.29. The lowest BCUT2D eigenvalue weighted by Crippen LogP contribution is -2.27. The van der Waals surface area contributed by atoms with E-state index in [9.17, 15) is 4.79 Å². The second kappa shape index (κ2) is 5.97. The van der Waals surface area contributed by atoms with Crippen molar-refractivity contribution < 1.29 is 9.53 Å². The molecule has 1 atom stereocenters. The fourth-order valence-electron chi connectivity index (χ4n) is 1.44. The van der Waals surface area contributed by atoms with Crippen LogP contribution in [0.15, 0.2) is 0 Å². The molecule has 1 saturated heterocycles. The first kappa shape index (κ1) is 10.5. The Kier molecular flexibility index (Phi) is 4.83. The summed E-state index contributed by atoms with van der Waals surface area (Å²) < 4.78 is 5.10. The molecule has 1 aliphatic heterocycles. The number of rotatable bonds is 5. The highest BCUT2D eigenvalue weighted by Crippen LogP contribution is 2.08. The van der Waals surface area contributed by atoms with Gasteiger partial charge in [-0.3, -0.25) is 4.79 Å². The number of unbranched alkanes of at least 4 members (excludes halogenated alkanes) is 2. The van der Waals surface area contributed by atoms with Gasteiger partial charge in [-0.05, 0) is 19.3 Å². The van der Waals surface area contributed by atoms with Gasteiger partial charge in [0.2, 0.25) is 0 Å². The molecule has 0 aliphatic carbocycles. The quantitative estimate of drug-likeness (QED) is 0.479. The predicted octanol–water partition coefficient (Wildman–Crippen LogP) is 1.49. The van der Waals surface area contributed by atoms with Crippen molar-refractivity contribution in [3.8, 4) is 0 Å². The van der Waals surface area contributed by atoms with Crippen LogP contribution in [0.2, 0.25) is 0 Å². The predicted molar refractivity (Wildman–Crippen MR) is 50.5 cm³/mol. The largest absolute Gasteiger partial charge is 0.464 e. The SMILES string of the molecule is CCCCCOC(=O)C1CCC[N]1. The Morgan fingerprint density at radius 2 is 2.38 bits per heavy atom. The highest BCUT2D eigenvalue weighted by atomic mass is 16.5. The van der Waals surface area contributed by atoms with E-state index in [1.165, 1.54) is 0 Å². The first-order valence-electron chi connectivity index (χ1n) is 5.18. The molecule has 1 fully saturated rings. The van der Waals surface area contributed by atoms with Gasteiger partial charge < -0.3 is 4.74 Å². The van der Waals surface area contributed by atoms with Crippen molar-refractivity contribution in [2.24, 2.45) is 0 Å². The van der Waals surface area contributed by atoms with Gasteiger partial charge >= 0.3 is 5.97 Å². The average Bonchev–Trinajstić information content (AvgIpc) is 2.65. The summed E-state index contributed by atoms with van der Waals surface area (Å²) in [5.74, 6) is -0.117. The minimum atomic E-state index is -0.151. The molecule has 3 nitrogen and oxygen atoms in total. The molecule has 1 radical (unpaired) electrons. The van der Waals surface area contributed by atoms with E-state index in [4.69, 9.17) is 4.74 Å². The number of ether oxygens (including phenoxy) is 1. The molecule has 1 aliphatic rings. The molecule has 0 spiro atoms. The Labute approximate surface area is 79.8 Å². The maximum absolute atomic E-state index is 11.3. The van der Waals surface area contributed by atoms with Crippen LogP contribution in [0.1, 0.15) is 39.0 Å². The van der Waals surface area contributed by atoms with Gasteiger partial charge in [0.15, 0.2) is 0 Å². The minimum absolute atomic E-state index is 0.117. The third-order valence-corrected chi connectivity index (χ3v) is 2.25. The summed E-state index contributed by atoms with van der Waals surface area (Å²) in [7, 11) is 0. The fourth-order valence-corrected chi connectivity index (χ4v) is 1.44. The van der Waals surface area contributed by atoms with Crippen molar-refractivity contribution in [3.63, 3.8) is 0 Å². The van der Waals surface area contributed by atoms with E-state index in [0.29, 0.717) is 6.61 Å². The first-order valence-corrected chi connectivity index (χ1v) is 5.18. The molecule has 75 valence electrons. The van der Waals surface area contributed by atoms with Crippen LogP contribution in [0.25, 0.3) is 0 Å². The van der Waals surface area contributed by atoms with Crippen LogP contribution in [0, 0.1) is 0 Å². The van der Waals surface area contributed by atoms with E-state index < -0.39 is 0 Å². The van der Waals surface area contributed by atoms with Gasteiger partial charge in [-0.15, -0.1) is 0 Å². The smallest absolute Gasteiger partial charge is 0.324 e. The molecule has 0 aromatic rings. The van der Waals surface area contributed by atoms with Crippen molar-refractivity contribution in [3.05, 3.63) is 0 Å². The highest BCUT2D eigenvalue weighted by Gasteiger charge is 2.24. The van der Waals surface area contributed by atoms with Crippen LogP contribution in [-0.2, 0) is 9.53 Å². The van der Waals surface area contributed by atoms with E-state index in [-0.39, 0.29) is 12.0 Å². The van der Waals surface area contributed by atoms with Crippen LogP contribution in [-0.4, -0.2) is 25.2 Å². The van der Waals surface area contributed by atoms with Crippen molar-refractivity contribution in [2.75, 3.05) is 13.2 Å². The van der Waals surface area contributed by atoms with Crippen molar-refractivity contribution >= 4 is 5.97 Å². The second-order valence-electron chi connectivity index (χ2n) is 3.44. The summed E-state index contributed by atoms with van der Waals surface area (Å²) in [5, 5.41) is 4.16. The lowest BCUT2D eigenvalue weighted by Gasteiger charge is -2.08. The summed E-state index contributed by atoms with van der Waals surface area (Å²) >= 11 is 0. The third kappa shape index (κ3) is 3.77. The molecule has 0 saturated carbocycles. The van der Waals surface area contributed by atoms with E-state index in [1.807, 2.05) is 0 Å². The van der Waals surface area contributed by atoms with Gasteiger partial charge in [0, 0.05) is 6.54 Å². The lowest BCUT2D eigenvalue weighted by molar-refractivity contribution is -0.145. The second-order valence-corrected chi connectivity index (χ2v) is 3.44. The number of carbonyl (C=O) groups excluding carboxylic acids is 1. The Morgan fingerprint density at radius 3 is 3.00 bits per heavy atom. The molecule has 0 bridgehead atoms. The van der Waals surface area contributed by atoms with Crippen molar-refractivity contribution in [2.45, 2.75) is 45.1 Å². The molecule has 0 aromatic heterocycles. The van der Waals surface area contributed by atoms with Crippen LogP contribution < -0.4 is 5.32 Å². The molecule has 1 unspecified atom stereocenters. The Morgan fingerprint density at radius 1 is 1.54 bits per heavy atom. The molecule has 0 amide bonds. The van der Waals surface area contributed by atoms with Gasteiger partial charge in [0.25, 0.3) is 0 Å². The van der Waals surface area contributed by atoms with Crippen molar-refractivity contribution in [1.82, 2.24) is 5.32 Å². The summed E-state index contributed by atoms with van der Waals surface area (Å²) in [5.41, 5.74) is 0. The zero-order valence-electron chi connectivity index (χ0n) is 8.29. The normalized spacial score (nSPS) is 21.8. The van der Waals surface area contributed by atoms with Crippen LogP contribution >= 0.6 is 0 Å². The van der Waals surface area contributed by atoms with E-state index in [1.54, 1.807) is 0 Å². The van der Waals surface area contributed by atoms with E-state index >= 15 is 0 Å². The highest BCUT2D eigenvalue weighted by molar-refractivity contribution is 5.76. The van der Waals surface area contributed by atoms with Gasteiger partial charge in [-0.1, -0.05) is 19.8 Å². The topological polar surface area (TPSA) is 40.4 Å². The number of esters is 1. The first-order chi connectivity index (χ1) is 6.34. The Balaban J connectivity index is 2.03. The maximum atomic E-state index is 11.3. The number of carbonyl (C=O) groups is 1. The van der Waals surface area contributed by atoms with Gasteiger partial charge in [-0.25, -0.2) is 5.32 Å². The number of hydrogen-bond acceptors (Lipinski definition) is 2. The summed E-state index contributed by atoms with van der Waals surface area (Å²) in [6.07, 6.45) is 5.19. The van der Waals surface area contributed by atoms with Crippen LogP contribution in [0.4, 0.5) is 0 Å². The monoisotopic (exact) mass is 184 g/mol. The van der Waals surface area contributed by atoms with E-state index in [0.717, 1.165) is 38.6 Å². The Bertz CT molecular complexity index is 153. The van der Waals surface area contributed by atoms with E-state index in [2.05, 4.69) is 12.2 Å². The van der Waals surface area contributed by atoms with Gasteiger partial charge in [0.05, 0.1) is 6.61 Å². The standard InChI is InChI=1S/C10H18NO2/c1-2-3-4-8-13-10(12)9-6-5-7-11-9/h9H,2-8H2,1H3. The van der Waals surface area contributed by atoms with Gasteiger partial charge in [-0.2, -0.15) is 0 Å². The summed E-state index contributed by atoms with van der Waals surface area (Å²) in [4.78, 5) is 11.3. The van der Waals surface area contributed by atoms with Gasteiger partial charge in [0.1, 0.15) is 6.04 Å². The summed E-state index contributed by atoms with van der Waals surface area (Å²) in [6, 6.07) is -0.151. The maximum Gasteiger partial charge on any atom is 0.324 e.